The lowest BCUT2D eigenvalue weighted by atomic mass is 9.73. The van der Waals surface area contributed by atoms with Crippen LogP contribution in [0.1, 0.15) is 24.0 Å². The molecule has 2 N–H and O–H groups in total. The van der Waals surface area contributed by atoms with E-state index in [-0.39, 0.29) is 5.41 Å². The Bertz CT molecular complexity index is 894. The monoisotopic (exact) mass is 416 g/mol. The van der Waals surface area contributed by atoms with E-state index in [0.29, 0.717) is 30.5 Å². The number of aryl methyl sites for hydroxylation is 1. The fraction of sp³-hybridized carbons (Fsp3) is 0.364. The molecule has 6 nitrogen and oxygen atoms in total. The maximum Gasteiger partial charge on any atom is 0.313 e. The van der Waals surface area contributed by atoms with E-state index in [1.807, 2.05) is 31.2 Å². The summed E-state index contributed by atoms with van der Waals surface area (Å²) in [5.41, 5.74) is 2.00. The molecule has 0 atom stereocenters. The van der Waals surface area contributed by atoms with Gasteiger partial charge in [0.15, 0.2) is 0 Å². The van der Waals surface area contributed by atoms with Gasteiger partial charge in [0.2, 0.25) is 0 Å². The third-order valence-corrected chi connectivity index (χ3v) is 5.60. The van der Waals surface area contributed by atoms with E-state index in [1.165, 1.54) is 0 Å². The molecule has 1 aliphatic heterocycles. The van der Waals surface area contributed by atoms with Gasteiger partial charge < -0.3 is 20.1 Å². The van der Waals surface area contributed by atoms with Crippen LogP contribution in [0.15, 0.2) is 42.5 Å². The first-order valence-electron chi connectivity index (χ1n) is 9.52. The first-order chi connectivity index (χ1) is 13.9. The Kier molecular flexibility index (Phi) is 6.77. The standard InChI is InChI=1S/C22H25ClN2O4/c1-15-7-8-16(23)13-18(15)25-21(27)20(26)24-14-22(9-11-29-12-10-22)17-5-3-4-6-19(17)28-2/h3-8,13H,9-12,14H2,1-2H3,(H,24,26)(H,25,27). The van der Waals surface area contributed by atoms with Crippen LogP contribution < -0.4 is 15.4 Å². The van der Waals surface area contributed by atoms with Crippen molar-refractivity contribution in [2.45, 2.75) is 25.2 Å². The normalized spacial score (nSPS) is 15.4. The molecular weight excluding hydrogens is 392 g/mol. The predicted molar refractivity (Wildman–Crippen MR) is 113 cm³/mol. The lowest BCUT2D eigenvalue weighted by Gasteiger charge is -2.38. The van der Waals surface area contributed by atoms with Gasteiger partial charge in [-0.1, -0.05) is 35.9 Å². The minimum atomic E-state index is -0.724. The molecule has 2 amide bonds. The number of anilines is 1. The average molecular weight is 417 g/mol. The zero-order valence-corrected chi connectivity index (χ0v) is 17.3. The van der Waals surface area contributed by atoms with Gasteiger partial charge in [0.05, 0.1) is 7.11 Å². The Balaban J connectivity index is 1.73. The number of carbonyl (C=O) groups is 2. The second-order valence-electron chi connectivity index (χ2n) is 7.19. The molecule has 7 heteroatoms. The van der Waals surface area contributed by atoms with Crippen LogP contribution in [0.25, 0.3) is 0 Å². The predicted octanol–water partition coefficient (Wildman–Crippen LogP) is 3.46. The van der Waals surface area contributed by atoms with Crippen LogP contribution in [0.2, 0.25) is 5.02 Å². The van der Waals surface area contributed by atoms with E-state index in [2.05, 4.69) is 10.6 Å². The summed E-state index contributed by atoms with van der Waals surface area (Å²) < 4.78 is 11.1. The summed E-state index contributed by atoms with van der Waals surface area (Å²) in [6.45, 7) is 3.32. The van der Waals surface area contributed by atoms with Crippen LogP contribution >= 0.6 is 11.6 Å². The number of carbonyl (C=O) groups excluding carboxylic acids is 2. The number of methoxy groups -OCH3 is 1. The average Bonchev–Trinajstić information content (AvgIpc) is 2.75. The molecule has 0 aliphatic carbocycles. The van der Waals surface area contributed by atoms with Crippen LogP contribution in [0, 0.1) is 6.92 Å². The molecule has 29 heavy (non-hydrogen) atoms. The summed E-state index contributed by atoms with van der Waals surface area (Å²) in [7, 11) is 1.63. The molecule has 154 valence electrons. The third-order valence-electron chi connectivity index (χ3n) is 5.37. The number of benzene rings is 2. The zero-order valence-electron chi connectivity index (χ0n) is 16.6. The molecule has 2 aromatic carbocycles. The Morgan fingerprint density at radius 1 is 1.14 bits per heavy atom. The summed E-state index contributed by atoms with van der Waals surface area (Å²) in [6, 6.07) is 12.9. The Labute approximate surface area is 175 Å². The van der Waals surface area contributed by atoms with Crippen molar-refractivity contribution in [1.82, 2.24) is 5.32 Å². The summed E-state index contributed by atoms with van der Waals surface area (Å²) in [4.78, 5) is 24.9. The molecule has 1 heterocycles. The van der Waals surface area contributed by atoms with Crippen LogP contribution in [-0.4, -0.2) is 38.7 Å². The molecule has 0 aromatic heterocycles. The lowest BCUT2D eigenvalue weighted by molar-refractivity contribution is -0.136. The Morgan fingerprint density at radius 3 is 2.59 bits per heavy atom. The lowest BCUT2D eigenvalue weighted by Crippen LogP contribution is -2.47. The highest BCUT2D eigenvalue weighted by Crippen LogP contribution is 2.39. The van der Waals surface area contributed by atoms with Gasteiger partial charge >= 0.3 is 11.8 Å². The van der Waals surface area contributed by atoms with Gasteiger partial charge in [0, 0.05) is 41.4 Å². The number of hydrogen-bond donors (Lipinski definition) is 2. The van der Waals surface area contributed by atoms with Crippen molar-refractivity contribution >= 4 is 29.1 Å². The van der Waals surface area contributed by atoms with Gasteiger partial charge in [-0.3, -0.25) is 9.59 Å². The maximum atomic E-state index is 12.5. The van der Waals surface area contributed by atoms with Gasteiger partial charge in [-0.2, -0.15) is 0 Å². The van der Waals surface area contributed by atoms with Crippen LogP contribution in [0.4, 0.5) is 5.69 Å². The van der Waals surface area contributed by atoms with Gasteiger partial charge in [0.1, 0.15) is 5.75 Å². The quantitative estimate of drug-likeness (QED) is 0.732. The van der Waals surface area contributed by atoms with Crippen molar-refractivity contribution in [2.75, 3.05) is 32.2 Å². The van der Waals surface area contributed by atoms with Crippen LogP contribution in [0.3, 0.4) is 0 Å². The second-order valence-corrected chi connectivity index (χ2v) is 7.63. The maximum absolute atomic E-state index is 12.5. The fourth-order valence-electron chi connectivity index (χ4n) is 3.62. The number of halogens is 1. The van der Waals surface area contributed by atoms with E-state index in [0.717, 1.165) is 29.7 Å². The highest BCUT2D eigenvalue weighted by atomic mass is 35.5. The number of amides is 2. The summed E-state index contributed by atoms with van der Waals surface area (Å²) in [5, 5.41) is 5.92. The highest BCUT2D eigenvalue weighted by molar-refractivity contribution is 6.40. The van der Waals surface area contributed by atoms with Crippen molar-refractivity contribution in [2.24, 2.45) is 0 Å². The van der Waals surface area contributed by atoms with Crippen LogP contribution in [-0.2, 0) is 19.7 Å². The molecule has 0 spiro atoms. The summed E-state index contributed by atoms with van der Waals surface area (Å²) >= 11 is 5.98. The van der Waals surface area contributed by atoms with Gasteiger partial charge in [-0.25, -0.2) is 0 Å². The zero-order chi connectivity index (χ0) is 20.9. The molecule has 0 saturated carbocycles. The smallest absolute Gasteiger partial charge is 0.313 e. The van der Waals surface area contributed by atoms with Crippen molar-refractivity contribution in [3.63, 3.8) is 0 Å². The number of nitrogens with one attached hydrogen (secondary N) is 2. The largest absolute Gasteiger partial charge is 0.496 e. The molecular formula is C22H25ClN2O4. The van der Waals surface area contributed by atoms with Gasteiger partial charge in [-0.15, -0.1) is 0 Å². The van der Waals surface area contributed by atoms with Crippen molar-refractivity contribution in [3.05, 3.63) is 58.6 Å². The van der Waals surface area contributed by atoms with Crippen molar-refractivity contribution in [3.8, 4) is 5.75 Å². The first-order valence-corrected chi connectivity index (χ1v) is 9.89. The molecule has 3 rings (SSSR count). The van der Waals surface area contributed by atoms with E-state index in [1.54, 1.807) is 25.3 Å². The van der Waals surface area contributed by atoms with Crippen molar-refractivity contribution in [1.29, 1.82) is 0 Å². The number of hydrogen-bond acceptors (Lipinski definition) is 4. The minimum absolute atomic E-state index is 0.317. The molecule has 1 aliphatic rings. The van der Waals surface area contributed by atoms with Crippen molar-refractivity contribution < 1.29 is 19.1 Å². The number of para-hydroxylation sites is 1. The number of ether oxygens (including phenoxy) is 2. The Hall–Kier alpha value is -2.57. The summed E-state index contributed by atoms with van der Waals surface area (Å²) in [6.07, 6.45) is 1.45. The molecule has 0 unspecified atom stereocenters. The Morgan fingerprint density at radius 2 is 1.86 bits per heavy atom. The van der Waals surface area contributed by atoms with E-state index in [9.17, 15) is 9.59 Å². The van der Waals surface area contributed by atoms with E-state index < -0.39 is 11.8 Å². The highest BCUT2D eigenvalue weighted by Gasteiger charge is 2.37. The van der Waals surface area contributed by atoms with E-state index in [4.69, 9.17) is 21.1 Å². The molecule has 2 aromatic rings. The molecule has 1 saturated heterocycles. The number of rotatable bonds is 5. The van der Waals surface area contributed by atoms with Gasteiger partial charge in [-0.05, 0) is 43.5 Å². The van der Waals surface area contributed by atoms with Gasteiger partial charge in [0.25, 0.3) is 0 Å². The topological polar surface area (TPSA) is 76.7 Å². The summed E-state index contributed by atoms with van der Waals surface area (Å²) in [5.74, 6) is -0.648. The molecule has 1 fully saturated rings. The SMILES string of the molecule is COc1ccccc1C1(CNC(=O)C(=O)Nc2cc(Cl)ccc2C)CCOCC1. The third kappa shape index (κ3) is 4.89. The first kappa shape index (κ1) is 21.1. The van der Waals surface area contributed by atoms with Crippen LogP contribution in [0.5, 0.6) is 5.75 Å². The fourth-order valence-corrected chi connectivity index (χ4v) is 3.80. The molecule has 0 bridgehead atoms. The second kappa shape index (κ2) is 9.29. The minimum Gasteiger partial charge on any atom is -0.496 e. The van der Waals surface area contributed by atoms with E-state index >= 15 is 0 Å². The molecule has 0 radical (unpaired) electrons.